The molecule has 0 radical (unpaired) electrons. The van der Waals surface area contributed by atoms with Gasteiger partial charge in [-0.25, -0.2) is 15.0 Å². The number of nitrogens with zero attached hydrogens (tertiary/aromatic N) is 7. The minimum atomic E-state index is 0.372. The number of rotatable bonds is 6. The van der Waals surface area contributed by atoms with Crippen LogP contribution in [0.15, 0.2) is 221 Å². The normalized spacial score (nSPS) is 11.8. The lowest BCUT2D eigenvalue weighted by molar-refractivity contribution is 0.672. The maximum Gasteiger partial charge on any atom is 0.166 e. The van der Waals surface area contributed by atoms with Gasteiger partial charge in [0.15, 0.2) is 17.5 Å². The van der Waals surface area contributed by atoms with Crippen LogP contribution in [0.4, 0.5) is 0 Å². The highest BCUT2D eigenvalue weighted by Crippen LogP contribution is 2.45. The van der Waals surface area contributed by atoms with Crippen LogP contribution in [0.5, 0.6) is 0 Å². The second-order valence-corrected chi connectivity index (χ2v) is 18.5. The fourth-order valence-electron chi connectivity index (χ4n) is 11.2. The Hall–Kier alpha value is -10.6. The van der Waals surface area contributed by atoms with Gasteiger partial charge in [0.1, 0.15) is 22.3 Å². The van der Waals surface area contributed by atoms with Crippen LogP contribution >= 0.6 is 0 Å². The molecular weight excluding hydrogens is 911 g/mol. The maximum absolute atomic E-state index is 10.6. The predicted octanol–water partition coefficient (Wildman–Crippen LogP) is 16.3. The molecule has 5 heterocycles. The van der Waals surface area contributed by atoms with E-state index in [0.717, 1.165) is 116 Å². The highest BCUT2D eigenvalue weighted by Gasteiger charge is 2.26. The highest BCUT2D eigenvalue weighted by molar-refractivity contribution is 6.25. The summed E-state index contributed by atoms with van der Waals surface area (Å²) in [6, 6.07) is 75.9. The van der Waals surface area contributed by atoms with Crippen molar-refractivity contribution < 1.29 is 8.83 Å². The zero-order valence-electron chi connectivity index (χ0n) is 39.2. The van der Waals surface area contributed by atoms with Gasteiger partial charge in [0.2, 0.25) is 0 Å². The van der Waals surface area contributed by atoms with Gasteiger partial charge >= 0.3 is 0 Å². The Kier molecular flexibility index (Phi) is 8.88. The molecule has 9 nitrogen and oxygen atoms in total. The van der Waals surface area contributed by atoms with Crippen molar-refractivity contribution in [3.05, 3.63) is 223 Å². The average Bonchev–Trinajstić information content (AvgIpc) is 4.23. The largest absolute Gasteiger partial charge is 0.455 e. The summed E-state index contributed by atoms with van der Waals surface area (Å²) >= 11 is 0. The van der Waals surface area contributed by atoms with Crippen molar-refractivity contribution in [3.63, 3.8) is 0 Å². The lowest BCUT2D eigenvalue weighted by Crippen LogP contribution is -2.06. The summed E-state index contributed by atoms with van der Waals surface area (Å²) in [6.07, 6.45) is 0. The molecule has 0 fully saturated rings. The van der Waals surface area contributed by atoms with Gasteiger partial charge in [0.05, 0.1) is 67.5 Å². The zero-order valence-corrected chi connectivity index (χ0v) is 39.2. The fourth-order valence-corrected chi connectivity index (χ4v) is 11.2. The summed E-state index contributed by atoms with van der Waals surface area (Å²) in [5, 5.41) is 29.2. The monoisotopic (exact) mass is 945 g/mol. The highest BCUT2D eigenvalue weighted by atomic mass is 16.3. The van der Waals surface area contributed by atoms with Gasteiger partial charge in [-0.05, 0) is 96.1 Å². The maximum atomic E-state index is 10.6. The van der Waals surface area contributed by atoms with Crippen LogP contribution in [0.25, 0.3) is 144 Å². The van der Waals surface area contributed by atoms with Crippen molar-refractivity contribution in [2.45, 2.75) is 0 Å². The number of benzene rings is 10. The summed E-state index contributed by atoms with van der Waals surface area (Å²) < 4.78 is 17.9. The van der Waals surface area contributed by atoms with E-state index >= 15 is 0 Å². The van der Waals surface area contributed by atoms with Crippen molar-refractivity contribution in [3.8, 4) is 68.8 Å². The van der Waals surface area contributed by atoms with E-state index in [4.69, 9.17) is 23.8 Å². The van der Waals surface area contributed by atoms with E-state index in [1.807, 2.05) is 115 Å². The minimum Gasteiger partial charge on any atom is -0.455 e. The zero-order chi connectivity index (χ0) is 49.0. The van der Waals surface area contributed by atoms with Crippen LogP contribution in [-0.2, 0) is 0 Å². The molecule has 342 valence electrons. The van der Waals surface area contributed by atoms with Crippen LogP contribution in [0, 0.1) is 22.7 Å². The molecule has 0 spiro atoms. The lowest BCUT2D eigenvalue weighted by atomic mass is 9.97. The first-order chi connectivity index (χ1) is 36.6. The van der Waals surface area contributed by atoms with Crippen LogP contribution in [-0.4, -0.2) is 24.1 Å². The molecule has 0 N–H and O–H groups in total. The third-order valence-corrected chi connectivity index (χ3v) is 14.5. The average molecular weight is 946 g/mol. The number of furan rings is 2. The van der Waals surface area contributed by atoms with Gasteiger partial charge in [0, 0.05) is 49.0 Å². The number of para-hydroxylation sites is 4. The number of nitriles is 2. The van der Waals surface area contributed by atoms with Crippen LogP contribution in [0.2, 0.25) is 0 Å². The van der Waals surface area contributed by atoms with Gasteiger partial charge in [0.25, 0.3) is 0 Å². The third-order valence-electron chi connectivity index (χ3n) is 14.5. The molecule has 0 aliphatic rings. The van der Waals surface area contributed by atoms with Crippen LogP contribution < -0.4 is 0 Å². The van der Waals surface area contributed by atoms with Crippen molar-refractivity contribution in [2.75, 3.05) is 0 Å². The molecule has 74 heavy (non-hydrogen) atoms. The molecule has 15 rings (SSSR count). The van der Waals surface area contributed by atoms with E-state index in [1.165, 1.54) is 0 Å². The second-order valence-electron chi connectivity index (χ2n) is 18.5. The molecule has 0 bridgehead atoms. The van der Waals surface area contributed by atoms with E-state index < -0.39 is 0 Å². The Balaban J connectivity index is 1.04. The smallest absolute Gasteiger partial charge is 0.166 e. The van der Waals surface area contributed by atoms with Gasteiger partial charge < -0.3 is 18.0 Å². The summed E-state index contributed by atoms with van der Waals surface area (Å²) in [7, 11) is 0. The molecule has 0 atom stereocenters. The molecule has 0 saturated heterocycles. The number of aromatic nitrogens is 5. The lowest BCUT2D eigenvalue weighted by Gasteiger charge is -2.18. The first-order valence-electron chi connectivity index (χ1n) is 24.3. The van der Waals surface area contributed by atoms with E-state index in [0.29, 0.717) is 39.7 Å². The summed E-state index contributed by atoms with van der Waals surface area (Å²) in [5.41, 5.74) is 13.3. The molecule has 15 aromatic rings. The molecule has 0 aliphatic heterocycles. The molecule has 10 aromatic carbocycles. The molecule has 0 aliphatic carbocycles. The predicted molar refractivity (Wildman–Crippen MR) is 294 cm³/mol. The van der Waals surface area contributed by atoms with Crippen molar-refractivity contribution >= 4 is 87.5 Å². The van der Waals surface area contributed by atoms with Crippen molar-refractivity contribution in [1.29, 1.82) is 10.5 Å². The summed E-state index contributed by atoms with van der Waals surface area (Å²) in [6.45, 7) is 0. The Morgan fingerprint density at radius 3 is 1.45 bits per heavy atom. The summed E-state index contributed by atoms with van der Waals surface area (Å²) in [4.78, 5) is 16.2. The first kappa shape index (κ1) is 41.2. The van der Waals surface area contributed by atoms with Crippen molar-refractivity contribution in [2.24, 2.45) is 0 Å². The summed E-state index contributed by atoms with van der Waals surface area (Å²) in [5.74, 6) is 1.22. The standard InChI is InChI=1S/C65H35N7O2/c66-36-38-26-30-53(71-51-22-10-6-20-47(51)59-55(71)32-28-45-43-18-8-12-24-57(43)73-61(45)59)49(34-38)64-68-63(39-14-2-1-3-15-39)69-65(70-64)50-35-40(42-17-5-4-16-41(42)37-67)27-31-54(50)72-52-23-11-7-21-48(52)60-56(72)33-29-46-44-19-9-13-25-58(44)74-62(46)60/h1-35H. The van der Waals surface area contributed by atoms with Gasteiger partial charge in [-0.2, -0.15) is 10.5 Å². The van der Waals surface area contributed by atoms with Gasteiger partial charge in [-0.1, -0.05) is 127 Å². The Morgan fingerprint density at radius 2 is 0.851 bits per heavy atom. The fraction of sp³-hybridized carbons (Fsp3) is 0. The van der Waals surface area contributed by atoms with E-state index in [9.17, 15) is 10.5 Å². The Labute approximate surface area is 421 Å². The molecule has 5 aromatic heterocycles. The minimum absolute atomic E-state index is 0.372. The van der Waals surface area contributed by atoms with Gasteiger partial charge in [-0.3, -0.25) is 0 Å². The topological polar surface area (TPSA) is 122 Å². The molecule has 0 unspecified atom stereocenters. The molecular formula is C65H35N7O2. The van der Waals surface area contributed by atoms with Gasteiger partial charge in [-0.15, -0.1) is 0 Å². The molecule has 0 saturated carbocycles. The third kappa shape index (κ3) is 6.05. The van der Waals surface area contributed by atoms with E-state index in [1.54, 1.807) is 0 Å². The number of fused-ring (bicyclic) bond motifs is 14. The Morgan fingerprint density at radius 1 is 0.351 bits per heavy atom. The molecule has 9 heteroatoms. The SMILES string of the molecule is N#Cc1ccc(-n2c3ccccc3c3c4oc5ccccc5c4ccc32)c(-c2nc(-c3ccccc3)nc(-c3cc(-c4ccccc4C#N)ccc3-n3c4ccccc4c4c5oc6ccccc6c5ccc43)n2)c1. The number of hydrogen-bond acceptors (Lipinski definition) is 7. The van der Waals surface area contributed by atoms with Crippen LogP contribution in [0.1, 0.15) is 11.1 Å². The van der Waals surface area contributed by atoms with Crippen LogP contribution in [0.3, 0.4) is 0 Å². The second kappa shape index (κ2) is 16.0. The first-order valence-corrected chi connectivity index (χ1v) is 24.3. The van der Waals surface area contributed by atoms with E-state index in [-0.39, 0.29) is 0 Å². The van der Waals surface area contributed by atoms with Crippen molar-refractivity contribution in [1.82, 2.24) is 24.1 Å². The quantitative estimate of drug-likeness (QED) is 0.163. The number of hydrogen-bond donors (Lipinski definition) is 0. The van der Waals surface area contributed by atoms with E-state index in [2.05, 4.69) is 118 Å². The Bertz CT molecular complexity index is 4950. The molecule has 0 amide bonds.